The third kappa shape index (κ3) is 2.16. The molecule has 1 aromatic heterocycles. The van der Waals surface area contributed by atoms with Crippen molar-refractivity contribution in [2.24, 2.45) is 7.05 Å². The van der Waals surface area contributed by atoms with E-state index in [-0.39, 0.29) is 0 Å². The Hall–Kier alpha value is -1.82. The fourth-order valence-corrected chi connectivity index (χ4v) is 1.66. The van der Waals surface area contributed by atoms with Gasteiger partial charge in [0.15, 0.2) is 5.82 Å². The van der Waals surface area contributed by atoms with Gasteiger partial charge in [-0.3, -0.25) is 9.78 Å². The lowest BCUT2D eigenvalue weighted by Crippen LogP contribution is -1.93. The lowest BCUT2D eigenvalue weighted by molar-refractivity contribution is 0.404. The van der Waals surface area contributed by atoms with E-state index < -0.39 is 0 Å². The Bertz CT molecular complexity index is 589. The summed E-state index contributed by atoms with van der Waals surface area (Å²) in [6.07, 6.45) is 0. The van der Waals surface area contributed by atoms with Crippen LogP contribution in [0.4, 0.5) is 0 Å². The highest BCUT2D eigenvalue weighted by Gasteiger charge is 2.11. The molecule has 0 saturated carbocycles. The first-order chi connectivity index (χ1) is 8.15. The SMILES string of the molecule is COc1ccc(OC)c(-c2nc(=S)n(C)[nH]2)c1. The van der Waals surface area contributed by atoms with Gasteiger partial charge in [-0.1, -0.05) is 0 Å². The van der Waals surface area contributed by atoms with Crippen LogP contribution in [0.1, 0.15) is 0 Å². The Morgan fingerprint density at radius 2 is 2.06 bits per heavy atom. The van der Waals surface area contributed by atoms with Gasteiger partial charge in [0, 0.05) is 7.05 Å². The second-order valence-corrected chi connectivity index (χ2v) is 3.85. The lowest BCUT2D eigenvalue weighted by Gasteiger charge is -2.07. The van der Waals surface area contributed by atoms with Gasteiger partial charge in [0.2, 0.25) is 4.77 Å². The number of hydrogen-bond donors (Lipinski definition) is 1. The zero-order chi connectivity index (χ0) is 12.4. The molecule has 0 aliphatic carbocycles. The van der Waals surface area contributed by atoms with Crippen molar-refractivity contribution in [3.05, 3.63) is 23.0 Å². The topological polar surface area (TPSA) is 52.1 Å². The molecule has 0 bridgehead atoms. The maximum atomic E-state index is 5.29. The average Bonchev–Trinajstić information content (AvgIpc) is 2.68. The average molecular weight is 251 g/mol. The minimum atomic E-state index is 0.491. The fourth-order valence-electron chi connectivity index (χ4n) is 1.52. The van der Waals surface area contributed by atoms with Crippen LogP contribution in [0.15, 0.2) is 18.2 Å². The molecule has 2 rings (SSSR count). The van der Waals surface area contributed by atoms with E-state index in [9.17, 15) is 0 Å². The van der Waals surface area contributed by atoms with E-state index in [0.29, 0.717) is 10.6 Å². The molecule has 1 N–H and O–H groups in total. The van der Waals surface area contributed by atoms with Gasteiger partial charge in [0.05, 0.1) is 19.8 Å². The third-order valence-corrected chi connectivity index (χ3v) is 2.79. The van der Waals surface area contributed by atoms with Crippen molar-refractivity contribution >= 4 is 12.2 Å². The highest BCUT2D eigenvalue weighted by Crippen LogP contribution is 2.31. The minimum absolute atomic E-state index is 0.491. The van der Waals surface area contributed by atoms with E-state index in [1.54, 1.807) is 18.9 Å². The van der Waals surface area contributed by atoms with E-state index in [1.807, 2.05) is 25.2 Å². The van der Waals surface area contributed by atoms with Crippen LogP contribution in [-0.4, -0.2) is 29.0 Å². The summed E-state index contributed by atoms with van der Waals surface area (Å²) in [5, 5.41) is 3.05. The summed E-state index contributed by atoms with van der Waals surface area (Å²) in [6.45, 7) is 0. The van der Waals surface area contributed by atoms with Crippen molar-refractivity contribution in [1.29, 1.82) is 0 Å². The molecule has 0 radical (unpaired) electrons. The molecular formula is C11H13N3O2S. The molecule has 1 aromatic carbocycles. The number of nitrogens with zero attached hydrogens (tertiary/aromatic N) is 2. The molecule has 0 amide bonds. The van der Waals surface area contributed by atoms with Gasteiger partial charge in [-0.25, -0.2) is 0 Å². The number of methoxy groups -OCH3 is 2. The molecule has 0 atom stereocenters. The van der Waals surface area contributed by atoms with Crippen LogP contribution in [0.3, 0.4) is 0 Å². The van der Waals surface area contributed by atoms with Gasteiger partial charge in [0.1, 0.15) is 11.5 Å². The van der Waals surface area contributed by atoms with E-state index in [4.69, 9.17) is 21.7 Å². The standard InChI is InChI=1S/C11H13N3O2S/c1-14-11(17)12-10(13-14)8-6-7(15-2)4-5-9(8)16-3/h4-6H,1-3H3,(H,12,13,17). The Labute approximate surface area is 104 Å². The van der Waals surface area contributed by atoms with E-state index in [0.717, 1.165) is 17.1 Å². The van der Waals surface area contributed by atoms with Crippen LogP contribution in [-0.2, 0) is 7.05 Å². The zero-order valence-electron chi connectivity index (χ0n) is 9.85. The maximum absolute atomic E-state index is 5.29. The van der Waals surface area contributed by atoms with E-state index in [2.05, 4.69) is 10.1 Å². The largest absolute Gasteiger partial charge is 0.497 e. The molecule has 0 aliphatic heterocycles. The summed E-state index contributed by atoms with van der Waals surface area (Å²) in [5.74, 6) is 2.12. The van der Waals surface area contributed by atoms with Crippen LogP contribution >= 0.6 is 12.2 Å². The van der Waals surface area contributed by atoms with Gasteiger partial charge in [-0.15, -0.1) is 0 Å². The predicted octanol–water partition coefficient (Wildman–Crippen LogP) is 2.16. The molecule has 0 fully saturated rings. The highest BCUT2D eigenvalue weighted by molar-refractivity contribution is 7.71. The second kappa shape index (κ2) is 4.58. The number of aryl methyl sites for hydroxylation is 1. The summed E-state index contributed by atoms with van der Waals surface area (Å²) in [4.78, 5) is 4.25. The summed E-state index contributed by atoms with van der Waals surface area (Å²) < 4.78 is 12.6. The van der Waals surface area contributed by atoms with Crippen molar-refractivity contribution < 1.29 is 9.47 Å². The zero-order valence-corrected chi connectivity index (χ0v) is 10.7. The number of hydrogen-bond acceptors (Lipinski definition) is 4. The molecule has 90 valence electrons. The number of ether oxygens (including phenoxy) is 2. The van der Waals surface area contributed by atoms with Crippen LogP contribution < -0.4 is 9.47 Å². The van der Waals surface area contributed by atoms with E-state index in [1.165, 1.54) is 0 Å². The van der Waals surface area contributed by atoms with Gasteiger partial charge in [-0.2, -0.15) is 4.98 Å². The Kier molecular flexibility index (Phi) is 3.14. The van der Waals surface area contributed by atoms with Crippen molar-refractivity contribution in [1.82, 2.24) is 14.8 Å². The molecule has 0 saturated heterocycles. The summed E-state index contributed by atoms with van der Waals surface area (Å²) in [6, 6.07) is 5.52. The van der Waals surface area contributed by atoms with Gasteiger partial charge in [-0.05, 0) is 30.4 Å². The van der Waals surface area contributed by atoms with Crippen molar-refractivity contribution in [2.75, 3.05) is 14.2 Å². The van der Waals surface area contributed by atoms with Gasteiger partial charge < -0.3 is 9.47 Å². The number of aromatic amines is 1. The monoisotopic (exact) mass is 251 g/mol. The highest BCUT2D eigenvalue weighted by atomic mass is 32.1. The Morgan fingerprint density at radius 3 is 2.59 bits per heavy atom. The molecule has 6 heteroatoms. The van der Waals surface area contributed by atoms with Crippen molar-refractivity contribution in [3.63, 3.8) is 0 Å². The molecule has 0 aliphatic rings. The molecule has 2 aromatic rings. The van der Waals surface area contributed by atoms with Crippen molar-refractivity contribution in [2.45, 2.75) is 0 Å². The fraction of sp³-hybridized carbons (Fsp3) is 0.273. The molecule has 0 spiro atoms. The summed E-state index contributed by atoms with van der Waals surface area (Å²) in [7, 11) is 5.04. The van der Waals surface area contributed by atoms with Crippen LogP contribution in [0.5, 0.6) is 11.5 Å². The molecule has 0 unspecified atom stereocenters. The van der Waals surface area contributed by atoms with Gasteiger partial charge >= 0.3 is 0 Å². The van der Waals surface area contributed by atoms with Crippen LogP contribution in [0, 0.1) is 4.77 Å². The second-order valence-electron chi connectivity index (χ2n) is 3.48. The quantitative estimate of drug-likeness (QED) is 0.849. The molecule has 1 heterocycles. The first-order valence-corrected chi connectivity index (χ1v) is 5.42. The van der Waals surface area contributed by atoms with Gasteiger partial charge in [0.25, 0.3) is 0 Å². The molecule has 17 heavy (non-hydrogen) atoms. The summed E-state index contributed by atoms with van der Waals surface area (Å²) in [5.41, 5.74) is 0.818. The maximum Gasteiger partial charge on any atom is 0.216 e. The number of aromatic nitrogens is 3. The Balaban J connectivity index is 2.59. The number of benzene rings is 1. The summed E-state index contributed by atoms with van der Waals surface area (Å²) >= 11 is 5.06. The third-order valence-electron chi connectivity index (χ3n) is 2.43. The normalized spacial score (nSPS) is 10.3. The molecule has 5 nitrogen and oxygen atoms in total. The predicted molar refractivity (Wildman–Crippen MR) is 66.9 cm³/mol. The van der Waals surface area contributed by atoms with Crippen LogP contribution in [0.25, 0.3) is 11.4 Å². The number of H-pyrrole nitrogens is 1. The van der Waals surface area contributed by atoms with E-state index >= 15 is 0 Å². The first kappa shape index (κ1) is 11.7. The minimum Gasteiger partial charge on any atom is -0.497 e. The van der Waals surface area contributed by atoms with Crippen molar-refractivity contribution in [3.8, 4) is 22.9 Å². The Morgan fingerprint density at radius 1 is 1.29 bits per heavy atom. The number of rotatable bonds is 3. The first-order valence-electron chi connectivity index (χ1n) is 5.01. The van der Waals surface area contributed by atoms with Crippen LogP contribution in [0.2, 0.25) is 0 Å². The lowest BCUT2D eigenvalue weighted by atomic mass is 10.2. The number of nitrogens with one attached hydrogen (secondary N) is 1. The molecular weight excluding hydrogens is 238 g/mol. The smallest absolute Gasteiger partial charge is 0.216 e.